The molecule has 0 radical (unpaired) electrons. The molecule has 36 heavy (non-hydrogen) atoms. The molecule has 10 heteroatoms. The number of aromatic nitrogens is 2. The first-order valence-corrected chi connectivity index (χ1v) is 13.3. The fourth-order valence-electron chi connectivity index (χ4n) is 4.11. The molecule has 0 spiro atoms. The summed E-state index contributed by atoms with van der Waals surface area (Å²) in [6.45, 7) is 8.99. The molecule has 1 aliphatic heterocycles. The summed E-state index contributed by atoms with van der Waals surface area (Å²) in [6, 6.07) is 14.5. The third-order valence-electron chi connectivity index (χ3n) is 6.03. The molecule has 2 aromatic carbocycles. The predicted molar refractivity (Wildman–Crippen MR) is 151 cm³/mol. The van der Waals surface area contributed by atoms with Crippen molar-refractivity contribution in [1.29, 1.82) is 0 Å². The Morgan fingerprint density at radius 3 is 2.75 bits per heavy atom. The quantitative estimate of drug-likeness (QED) is 0.266. The lowest BCUT2D eigenvalue weighted by molar-refractivity contribution is 0.186. The van der Waals surface area contributed by atoms with Crippen LogP contribution in [0, 0.1) is 0 Å². The van der Waals surface area contributed by atoms with Gasteiger partial charge in [-0.2, -0.15) is 4.98 Å². The van der Waals surface area contributed by atoms with Crippen LogP contribution >= 0.6 is 11.9 Å². The van der Waals surface area contributed by atoms with Crippen LogP contribution in [0.4, 0.5) is 23.1 Å². The second-order valence-corrected chi connectivity index (χ2v) is 10.0. The topological polar surface area (TPSA) is 83.6 Å². The van der Waals surface area contributed by atoms with Gasteiger partial charge in [0.25, 0.3) is 0 Å². The molecule has 1 aliphatic rings. The maximum Gasteiger partial charge on any atom is 0.229 e. The van der Waals surface area contributed by atoms with Gasteiger partial charge in [0.1, 0.15) is 31.3 Å². The van der Waals surface area contributed by atoms with Gasteiger partial charge in [-0.1, -0.05) is 12.1 Å². The molecule has 190 valence electrons. The molecule has 0 aliphatic carbocycles. The van der Waals surface area contributed by atoms with Crippen molar-refractivity contribution in [2.24, 2.45) is 0 Å². The molecule has 4 rings (SSSR count). The SMILES string of the molecule is Bc1cnc(Nc2ccc(OC3CCN(C(C)C)C3)cc2OCC)nc1Nc1ccccc1SNC. The van der Waals surface area contributed by atoms with E-state index in [0.29, 0.717) is 24.3 Å². The maximum atomic E-state index is 6.28. The highest BCUT2D eigenvalue weighted by Gasteiger charge is 2.25. The van der Waals surface area contributed by atoms with Crippen LogP contribution in [0.15, 0.2) is 53.6 Å². The van der Waals surface area contributed by atoms with E-state index in [9.17, 15) is 0 Å². The number of anilines is 4. The first-order chi connectivity index (χ1) is 17.5. The van der Waals surface area contributed by atoms with Crippen molar-refractivity contribution in [3.05, 3.63) is 48.7 Å². The fraction of sp³-hybridized carbons (Fsp3) is 0.385. The number of para-hydroxylation sites is 1. The van der Waals surface area contributed by atoms with Crippen molar-refractivity contribution in [3.63, 3.8) is 0 Å². The Balaban J connectivity index is 1.50. The van der Waals surface area contributed by atoms with Crippen molar-refractivity contribution >= 4 is 48.4 Å². The summed E-state index contributed by atoms with van der Waals surface area (Å²) in [4.78, 5) is 12.8. The van der Waals surface area contributed by atoms with E-state index < -0.39 is 0 Å². The second kappa shape index (κ2) is 12.3. The van der Waals surface area contributed by atoms with Crippen molar-refractivity contribution in [3.8, 4) is 11.5 Å². The van der Waals surface area contributed by atoms with Gasteiger partial charge in [-0.15, -0.1) is 0 Å². The van der Waals surface area contributed by atoms with Crippen molar-refractivity contribution < 1.29 is 9.47 Å². The molecule has 8 nitrogen and oxygen atoms in total. The van der Waals surface area contributed by atoms with E-state index in [0.717, 1.165) is 52.8 Å². The van der Waals surface area contributed by atoms with Gasteiger partial charge in [-0.3, -0.25) is 9.62 Å². The lowest BCUT2D eigenvalue weighted by atomic mass is 9.99. The Bertz CT molecular complexity index is 1170. The van der Waals surface area contributed by atoms with Gasteiger partial charge >= 0.3 is 0 Å². The molecule has 0 bridgehead atoms. The van der Waals surface area contributed by atoms with Crippen molar-refractivity contribution in [1.82, 2.24) is 19.6 Å². The van der Waals surface area contributed by atoms with Crippen LogP contribution in [0.3, 0.4) is 0 Å². The number of rotatable bonds is 11. The lowest BCUT2D eigenvalue weighted by Gasteiger charge is -2.21. The number of hydrogen-bond acceptors (Lipinski definition) is 9. The zero-order valence-electron chi connectivity index (χ0n) is 21.7. The standard InChI is InChI=1S/C26H35BN6O2S/c1-5-34-23-14-18(35-19-12-13-33(16-19)17(2)3)10-11-21(23)31-26-29-15-20(27)25(32-26)30-22-8-6-7-9-24(22)36-28-4/h6-11,14-15,17,19,28H,5,12-13,16,27H2,1-4H3,(H2,29,30,31,32). The average molecular weight is 506 g/mol. The average Bonchev–Trinajstić information content (AvgIpc) is 3.33. The third-order valence-corrected chi connectivity index (χ3v) is 6.81. The van der Waals surface area contributed by atoms with Gasteiger partial charge in [0.15, 0.2) is 0 Å². The summed E-state index contributed by atoms with van der Waals surface area (Å²) in [5.74, 6) is 2.75. The monoisotopic (exact) mass is 506 g/mol. The second-order valence-electron chi connectivity index (χ2n) is 8.99. The number of ether oxygens (including phenoxy) is 2. The number of likely N-dealkylation sites (tertiary alicyclic amines) is 1. The van der Waals surface area contributed by atoms with Gasteiger partial charge in [0.05, 0.1) is 18.0 Å². The highest BCUT2D eigenvalue weighted by Crippen LogP contribution is 2.33. The zero-order chi connectivity index (χ0) is 25.5. The summed E-state index contributed by atoms with van der Waals surface area (Å²) in [7, 11) is 3.89. The van der Waals surface area contributed by atoms with E-state index >= 15 is 0 Å². The number of hydrogen-bond donors (Lipinski definition) is 3. The maximum absolute atomic E-state index is 6.28. The van der Waals surface area contributed by atoms with Crippen LogP contribution < -0.4 is 30.3 Å². The molecule has 2 heterocycles. The van der Waals surface area contributed by atoms with Crippen LogP contribution in [0.5, 0.6) is 11.5 Å². The molecule has 0 amide bonds. The summed E-state index contributed by atoms with van der Waals surface area (Å²) in [5, 5.41) is 6.77. The van der Waals surface area contributed by atoms with E-state index in [4.69, 9.17) is 14.5 Å². The smallest absolute Gasteiger partial charge is 0.229 e. The Morgan fingerprint density at radius 1 is 1.17 bits per heavy atom. The molecule has 1 aromatic heterocycles. The van der Waals surface area contributed by atoms with E-state index in [1.54, 1.807) is 11.9 Å². The van der Waals surface area contributed by atoms with Crippen LogP contribution in [-0.2, 0) is 0 Å². The first-order valence-electron chi connectivity index (χ1n) is 12.4. The number of nitrogens with zero attached hydrogens (tertiary/aromatic N) is 3. The highest BCUT2D eigenvalue weighted by molar-refractivity contribution is 7.97. The van der Waals surface area contributed by atoms with Gasteiger partial charge in [0.2, 0.25) is 5.95 Å². The van der Waals surface area contributed by atoms with Crippen LogP contribution in [0.2, 0.25) is 0 Å². The van der Waals surface area contributed by atoms with Gasteiger partial charge in [0, 0.05) is 36.3 Å². The van der Waals surface area contributed by atoms with Crippen molar-refractivity contribution in [2.45, 2.75) is 44.2 Å². The summed E-state index contributed by atoms with van der Waals surface area (Å²) in [5.41, 5.74) is 2.72. The molecular formula is C26H35BN6O2S. The Hall–Kier alpha value is -2.95. The van der Waals surface area contributed by atoms with Crippen molar-refractivity contribution in [2.75, 3.05) is 37.4 Å². The van der Waals surface area contributed by atoms with E-state index in [1.807, 2.05) is 64.4 Å². The predicted octanol–water partition coefficient (Wildman–Crippen LogP) is 3.71. The van der Waals surface area contributed by atoms with Gasteiger partial charge in [-0.05, 0) is 75.9 Å². The number of benzene rings is 2. The van der Waals surface area contributed by atoms with E-state index in [1.165, 1.54) is 0 Å². The number of nitrogens with one attached hydrogen (secondary N) is 3. The van der Waals surface area contributed by atoms with Crippen LogP contribution in [0.1, 0.15) is 27.2 Å². The molecule has 3 aromatic rings. The minimum atomic E-state index is 0.193. The minimum Gasteiger partial charge on any atom is -0.492 e. The third kappa shape index (κ3) is 6.63. The summed E-state index contributed by atoms with van der Waals surface area (Å²) >= 11 is 1.55. The fourth-order valence-corrected chi connectivity index (χ4v) is 4.71. The molecule has 3 N–H and O–H groups in total. The summed E-state index contributed by atoms with van der Waals surface area (Å²) in [6.07, 6.45) is 3.04. The molecule has 0 saturated carbocycles. The molecule has 1 atom stereocenters. The lowest BCUT2D eigenvalue weighted by Crippen LogP contribution is -2.30. The Morgan fingerprint density at radius 2 is 2.00 bits per heavy atom. The normalized spacial score (nSPS) is 15.8. The van der Waals surface area contributed by atoms with Crippen LogP contribution in [-0.4, -0.2) is 61.6 Å². The van der Waals surface area contributed by atoms with Gasteiger partial charge in [-0.25, -0.2) is 4.98 Å². The highest BCUT2D eigenvalue weighted by atomic mass is 32.2. The van der Waals surface area contributed by atoms with Crippen LogP contribution in [0.25, 0.3) is 0 Å². The van der Waals surface area contributed by atoms with E-state index in [-0.39, 0.29) is 6.10 Å². The molecule has 1 unspecified atom stereocenters. The molecule has 1 fully saturated rings. The Kier molecular flexibility index (Phi) is 8.95. The summed E-state index contributed by atoms with van der Waals surface area (Å²) < 4.78 is 15.3. The first kappa shape index (κ1) is 26.1. The Labute approximate surface area is 219 Å². The largest absolute Gasteiger partial charge is 0.492 e. The minimum absolute atomic E-state index is 0.193. The zero-order valence-corrected chi connectivity index (χ0v) is 22.5. The van der Waals surface area contributed by atoms with E-state index in [2.05, 4.69) is 45.2 Å². The molecule has 1 saturated heterocycles. The molecular weight excluding hydrogens is 471 g/mol. The van der Waals surface area contributed by atoms with Gasteiger partial charge < -0.3 is 20.1 Å².